The van der Waals surface area contributed by atoms with E-state index in [1.54, 1.807) is 6.33 Å². The number of guanidine groups is 1. The summed E-state index contributed by atoms with van der Waals surface area (Å²) in [7, 11) is -3.16. The third-order valence-corrected chi connectivity index (χ3v) is 4.05. The molecule has 1 aromatic heterocycles. The van der Waals surface area contributed by atoms with Crippen LogP contribution in [-0.2, 0) is 23.0 Å². The molecule has 0 atom stereocenters. The molecule has 1 aromatic rings. The molecule has 3 N–H and O–H groups in total. The zero-order chi connectivity index (χ0) is 16.7. The van der Waals surface area contributed by atoms with Crippen molar-refractivity contribution < 1.29 is 8.42 Å². The Hall–Kier alpha value is -0.950. The molecule has 1 aliphatic carbocycles. The molecule has 0 aliphatic heterocycles. The lowest BCUT2D eigenvalue weighted by Crippen LogP contribution is -2.40. The monoisotopic (exact) mass is 471 g/mol. The van der Waals surface area contributed by atoms with Gasteiger partial charge in [-0.2, -0.15) is 0 Å². The number of sulfonamides is 1. The minimum Gasteiger partial charge on any atom is -0.355 e. The van der Waals surface area contributed by atoms with Gasteiger partial charge in [0.05, 0.1) is 12.8 Å². The lowest BCUT2D eigenvalue weighted by molar-refractivity contribution is 0.588. The van der Waals surface area contributed by atoms with Gasteiger partial charge >= 0.3 is 0 Å². The van der Waals surface area contributed by atoms with Gasteiger partial charge in [0, 0.05) is 32.1 Å². The molecule has 1 heterocycles. The lowest BCUT2D eigenvalue weighted by Gasteiger charge is -2.13. The molecule has 0 amide bonds. The van der Waals surface area contributed by atoms with Crippen molar-refractivity contribution in [3.63, 3.8) is 0 Å². The summed E-state index contributed by atoms with van der Waals surface area (Å²) in [6.45, 7) is 4.18. The van der Waals surface area contributed by atoms with E-state index in [-0.39, 0.29) is 24.0 Å². The van der Waals surface area contributed by atoms with E-state index in [0.29, 0.717) is 31.6 Å². The standard InChI is InChI=1S/C13H25N7O2S.HI/c1-3-12-19-16-10-20(12)9-8-15-13(18-11-4-5-11)14-6-7-17-23(2,21)22;/h10-11,17H,3-9H2,1-2H3,(H2,14,15,18);1H. The molecule has 1 saturated carbocycles. The molecular formula is C13H26IN7O2S. The molecule has 0 radical (unpaired) electrons. The normalized spacial score (nSPS) is 15.0. The van der Waals surface area contributed by atoms with Gasteiger partial charge in [-0.15, -0.1) is 34.2 Å². The van der Waals surface area contributed by atoms with E-state index in [9.17, 15) is 8.42 Å². The summed E-state index contributed by atoms with van der Waals surface area (Å²) in [6, 6.07) is 0.477. The summed E-state index contributed by atoms with van der Waals surface area (Å²) in [4.78, 5) is 4.40. The van der Waals surface area contributed by atoms with Gasteiger partial charge in [0.25, 0.3) is 0 Å². The quantitative estimate of drug-likeness (QED) is 0.197. The second-order valence-corrected chi connectivity index (χ2v) is 7.37. The second-order valence-electron chi connectivity index (χ2n) is 5.54. The number of halogens is 1. The van der Waals surface area contributed by atoms with Crippen molar-refractivity contribution in [2.45, 2.75) is 38.8 Å². The Morgan fingerprint density at radius 1 is 1.42 bits per heavy atom. The van der Waals surface area contributed by atoms with Crippen LogP contribution >= 0.6 is 24.0 Å². The molecule has 0 unspecified atom stereocenters. The molecule has 138 valence electrons. The van der Waals surface area contributed by atoms with Crippen molar-refractivity contribution in [3.05, 3.63) is 12.2 Å². The zero-order valence-corrected chi connectivity index (χ0v) is 17.2. The first-order chi connectivity index (χ1) is 11.0. The van der Waals surface area contributed by atoms with Gasteiger partial charge in [-0.3, -0.25) is 4.99 Å². The van der Waals surface area contributed by atoms with Crippen LogP contribution in [-0.4, -0.2) is 61.1 Å². The molecule has 2 rings (SSSR count). The highest BCUT2D eigenvalue weighted by Gasteiger charge is 2.22. The van der Waals surface area contributed by atoms with E-state index >= 15 is 0 Å². The largest absolute Gasteiger partial charge is 0.355 e. The first kappa shape index (κ1) is 21.1. The molecule has 24 heavy (non-hydrogen) atoms. The highest BCUT2D eigenvalue weighted by Crippen LogP contribution is 2.18. The fourth-order valence-corrected chi connectivity index (χ4v) is 2.47. The van der Waals surface area contributed by atoms with Gasteiger partial charge in [-0.1, -0.05) is 6.92 Å². The van der Waals surface area contributed by atoms with E-state index in [1.807, 2.05) is 11.5 Å². The Labute approximate surface area is 160 Å². The first-order valence-electron chi connectivity index (χ1n) is 7.84. The molecule has 0 spiro atoms. The SMILES string of the molecule is CCc1nncn1CCNC(=NCCNS(C)(=O)=O)NC1CC1.I. The van der Waals surface area contributed by atoms with E-state index in [1.165, 1.54) is 0 Å². The molecule has 0 bridgehead atoms. The molecule has 1 aliphatic rings. The van der Waals surface area contributed by atoms with Crippen molar-refractivity contribution in [2.24, 2.45) is 4.99 Å². The number of nitrogens with one attached hydrogen (secondary N) is 3. The predicted molar refractivity (Wildman–Crippen MR) is 104 cm³/mol. The maximum atomic E-state index is 11.0. The van der Waals surface area contributed by atoms with Crippen molar-refractivity contribution in [3.8, 4) is 0 Å². The summed E-state index contributed by atoms with van der Waals surface area (Å²) in [6.07, 6.45) is 6.00. The Bertz CT molecular complexity index is 628. The van der Waals surface area contributed by atoms with Crippen LogP contribution in [0.3, 0.4) is 0 Å². The first-order valence-corrected chi connectivity index (χ1v) is 9.73. The van der Waals surface area contributed by atoms with Gasteiger partial charge in [0.15, 0.2) is 5.96 Å². The number of aromatic nitrogens is 3. The van der Waals surface area contributed by atoms with Gasteiger partial charge in [0.2, 0.25) is 10.0 Å². The van der Waals surface area contributed by atoms with E-state index in [2.05, 4.69) is 30.5 Å². The average Bonchev–Trinajstić information content (AvgIpc) is 3.18. The van der Waals surface area contributed by atoms with E-state index in [4.69, 9.17) is 0 Å². The third kappa shape index (κ3) is 8.24. The Morgan fingerprint density at radius 3 is 2.79 bits per heavy atom. The lowest BCUT2D eigenvalue weighted by atomic mass is 10.4. The third-order valence-electron chi connectivity index (χ3n) is 3.32. The van der Waals surface area contributed by atoms with Gasteiger partial charge in [0.1, 0.15) is 12.2 Å². The molecule has 1 fully saturated rings. The average molecular weight is 471 g/mol. The van der Waals surface area contributed by atoms with E-state index < -0.39 is 10.0 Å². The van der Waals surface area contributed by atoms with E-state index in [0.717, 1.165) is 37.9 Å². The molecule has 0 saturated heterocycles. The van der Waals surface area contributed by atoms with Crippen LogP contribution < -0.4 is 15.4 Å². The van der Waals surface area contributed by atoms with Crippen LogP contribution in [0.4, 0.5) is 0 Å². The van der Waals surface area contributed by atoms with Crippen molar-refractivity contribution in [1.82, 2.24) is 30.1 Å². The van der Waals surface area contributed by atoms with Crippen LogP contribution in [0.25, 0.3) is 0 Å². The van der Waals surface area contributed by atoms with Crippen LogP contribution in [0.2, 0.25) is 0 Å². The maximum Gasteiger partial charge on any atom is 0.208 e. The van der Waals surface area contributed by atoms with Gasteiger partial charge in [-0.05, 0) is 12.8 Å². The number of aryl methyl sites for hydroxylation is 1. The number of rotatable bonds is 9. The summed E-state index contributed by atoms with van der Waals surface area (Å²) in [5.74, 6) is 1.67. The van der Waals surface area contributed by atoms with Crippen molar-refractivity contribution in [2.75, 3.05) is 25.9 Å². The van der Waals surface area contributed by atoms with Gasteiger partial charge in [-0.25, -0.2) is 13.1 Å². The summed E-state index contributed by atoms with van der Waals surface area (Å²) in [5, 5.41) is 14.5. The summed E-state index contributed by atoms with van der Waals surface area (Å²) >= 11 is 0. The van der Waals surface area contributed by atoms with Crippen LogP contribution in [0.1, 0.15) is 25.6 Å². The van der Waals surface area contributed by atoms with Crippen LogP contribution in [0.5, 0.6) is 0 Å². The minimum absolute atomic E-state index is 0. The highest BCUT2D eigenvalue weighted by atomic mass is 127. The molecule has 9 nitrogen and oxygen atoms in total. The Balaban J connectivity index is 0.00000288. The van der Waals surface area contributed by atoms with Crippen molar-refractivity contribution in [1.29, 1.82) is 0 Å². The molecule has 0 aromatic carbocycles. The minimum atomic E-state index is -3.16. The summed E-state index contributed by atoms with van der Waals surface area (Å²) < 4.78 is 26.5. The Kier molecular flexibility index (Phi) is 8.91. The molecular weight excluding hydrogens is 445 g/mol. The smallest absolute Gasteiger partial charge is 0.208 e. The van der Waals surface area contributed by atoms with Crippen LogP contribution in [0, 0.1) is 0 Å². The number of hydrogen-bond acceptors (Lipinski definition) is 5. The fraction of sp³-hybridized carbons (Fsp3) is 0.769. The van der Waals surface area contributed by atoms with Crippen molar-refractivity contribution >= 4 is 40.0 Å². The number of hydrogen-bond donors (Lipinski definition) is 3. The molecule has 11 heteroatoms. The predicted octanol–water partition coefficient (Wildman–Crippen LogP) is -0.295. The zero-order valence-electron chi connectivity index (χ0n) is 14.0. The summed E-state index contributed by atoms with van der Waals surface area (Å²) in [5.41, 5.74) is 0. The fourth-order valence-electron chi connectivity index (χ4n) is 2.01. The number of aliphatic imine (C=N–C) groups is 1. The maximum absolute atomic E-state index is 11.0. The Morgan fingerprint density at radius 2 is 2.17 bits per heavy atom. The topological polar surface area (TPSA) is 113 Å². The second kappa shape index (κ2) is 10.1. The van der Waals surface area contributed by atoms with Crippen LogP contribution in [0.15, 0.2) is 11.3 Å². The van der Waals surface area contributed by atoms with Gasteiger partial charge < -0.3 is 15.2 Å². The number of nitrogens with zero attached hydrogens (tertiary/aromatic N) is 4. The highest BCUT2D eigenvalue weighted by molar-refractivity contribution is 14.0.